The first-order valence-electron chi connectivity index (χ1n) is 9.95. The first-order chi connectivity index (χ1) is 14.2. The second-order valence-corrected chi connectivity index (χ2v) is 7.60. The monoisotopic (exact) mass is 417 g/mol. The molecule has 2 fully saturated rings. The Kier molecular flexibility index (Phi) is 6.15. The van der Waals surface area contributed by atoms with E-state index in [4.69, 9.17) is 26.4 Å². The summed E-state index contributed by atoms with van der Waals surface area (Å²) in [6.07, 6.45) is 4.14. The Morgan fingerprint density at radius 1 is 1.17 bits per heavy atom. The number of methoxy groups -OCH3 is 2. The minimum Gasteiger partial charge on any atom is -0.493 e. The maximum Gasteiger partial charge on any atom is 0.169 e. The van der Waals surface area contributed by atoms with Crippen molar-refractivity contribution in [2.24, 2.45) is 0 Å². The zero-order chi connectivity index (χ0) is 20.2. The summed E-state index contributed by atoms with van der Waals surface area (Å²) in [5.41, 5.74) is 0.837. The number of benzene rings is 1. The maximum atomic E-state index is 5.66. The molecule has 1 aromatic carbocycles. The summed E-state index contributed by atoms with van der Waals surface area (Å²) in [4.78, 5) is 13.4. The van der Waals surface area contributed by atoms with Crippen molar-refractivity contribution in [3.8, 4) is 11.5 Å². The quantitative estimate of drug-likeness (QED) is 0.734. The van der Waals surface area contributed by atoms with Gasteiger partial charge in [0.1, 0.15) is 12.1 Å². The Morgan fingerprint density at radius 3 is 2.62 bits per heavy atom. The summed E-state index contributed by atoms with van der Waals surface area (Å²) in [5.74, 6) is 2.25. The molecule has 8 nitrogen and oxygen atoms in total. The summed E-state index contributed by atoms with van der Waals surface area (Å²) in [6, 6.07) is 3.84. The highest BCUT2D eigenvalue weighted by Gasteiger charge is 2.23. The van der Waals surface area contributed by atoms with Gasteiger partial charge in [0.2, 0.25) is 0 Å². The SMILES string of the molecule is COc1cc2ncnc(N3CCN(C(=S)NCC4CCCO4)CC3)c2cc1OC. The summed E-state index contributed by atoms with van der Waals surface area (Å²) in [5, 5.41) is 5.12. The predicted molar refractivity (Wildman–Crippen MR) is 116 cm³/mol. The Labute approximate surface area is 176 Å². The van der Waals surface area contributed by atoms with E-state index in [2.05, 4.69) is 25.1 Å². The van der Waals surface area contributed by atoms with E-state index >= 15 is 0 Å². The molecule has 3 heterocycles. The van der Waals surface area contributed by atoms with Gasteiger partial charge in [0.15, 0.2) is 16.6 Å². The number of rotatable bonds is 5. The van der Waals surface area contributed by atoms with Crippen molar-refractivity contribution < 1.29 is 14.2 Å². The molecule has 0 radical (unpaired) electrons. The smallest absolute Gasteiger partial charge is 0.169 e. The van der Waals surface area contributed by atoms with Crippen LogP contribution in [-0.4, -0.2) is 79.6 Å². The van der Waals surface area contributed by atoms with Gasteiger partial charge in [0.25, 0.3) is 0 Å². The highest BCUT2D eigenvalue weighted by atomic mass is 32.1. The molecule has 1 aromatic heterocycles. The molecular weight excluding hydrogens is 390 g/mol. The Balaban J connectivity index is 1.42. The van der Waals surface area contributed by atoms with Crippen LogP contribution in [0, 0.1) is 0 Å². The van der Waals surface area contributed by atoms with Crippen molar-refractivity contribution in [3.63, 3.8) is 0 Å². The average Bonchev–Trinajstić information content (AvgIpc) is 3.30. The van der Waals surface area contributed by atoms with Crippen molar-refractivity contribution in [2.75, 3.05) is 58.5 Å². The molecule has 1 atom stereocenters. The molecule has 0 amide bonds. The van der Waals surface area contributed by atoms with E-state index in [9.17, 15) is 0 Å². The van der Waals surface area contributed by atoms with Gasteiger partial charge in [0, 0.05) is 50.8 Å². The summed E-state index contributed by atoms with van der Waals surface area (Å²) in [6.45, 7) is 5.01. The van der Waals surface area contributed by atoms with Gasteiger partial charge in [-0.1, -0.05) is 0 Å². The van der Waals surface area contributed by atoms with Gasteiger partial charge < -0.3 is 29.3 Å². The number of anilines is 1. The Bertz CT molecular complexity index is 867. The standard InChI is InChI=1S/C20H27N5O3S/c1-26-17-10-15-16(11-18(17)27-2)22-13-23-19(15)24-5-7-25(8-6-24)20(29)21-12-14-4-3-9-28-14/h10-11,13-14H,3-9,12H2,1-2H3,(H,21,29). The molecule has 156 valence electrons. The minimum atomic E-state index is 0.286. The average molecular weight is 418 g/mol. The van der Waals surface area contributed by atoms with Crippen molar-refractivity contribution in [2.45, 2.75) is 18.9 Å². The molecule has 0 aliphatic carbocycles. The Hall–Kier alpha value is -2.39. The second kappa shape index (κ2) is 8.96. The first-order valence-corrected chi connectivity index (χ1v) is 10.4. The fraction of sp³-hybridized carbons (Fsp3) is 0.550. The van der Waals surface area contributed by atoms with E-state index in [0.29, 0.717) is 11.5 Å². The molecule has 2 saturated heterocycles. The van der Waals surface area contributed by atoms with Crippen LogP contribution in [-0.2, 0) is 4.74 Å². The predicted octanol–water partition coefficient (Wildman–Crippen LogP) is 1.82. The molecule has 2 aromatic rings. The normalized spacial score (nSPS) is 19.4. The number of nitrogens with one attached hydrogen (secondary N) is 1. The second-order valence-electron chi connectivity index (χ2n) is 7.22. The van der Waals surface area contributed by atoms with Crippen LogP contribution >= 0.6 is 12.2 Å². The van der Waals surface area contributed by atoms with E-state index in [1.54, 1.807) is 20.5 Å². The zero-order valence-corrected chi connectivity index (χ0v) is 17.7. The van der Waals surface area contributed by atoms with Gasteiger partial charge >= 0.3 is 0 Å². The van der Waals surface area contributed by atoms with Gasteiger partial charge in [-0.3, -0.25) is 0 Å². The van der Waals surface area contributed by atoms with Crippen LogP contribution in [0.3, 0.4) is 0 Å². The number of piperazine rings is 1. The lowest BCUT2D eigenvalue weighted by atomic mass is 10.2. The van der Waals surface area contributed by atoms with Gasteiger partial charge in [-0.25, -0.2) is 9.97 Å². The zero-order valence-electron chi connectivity index (χ0n) is 16.9. The fourth-order valence-electron chi connectivity index (χ4n) is 3.86. The molecule has 2 aliphatic heterocycles. The number of hydrogen-bond donors (Lipinski definition) is 1. The lowest BCUT2D eigenvalue weighted by Crippen LogP contribution is -2.52. The first kappa shape index (κ1) is 19.9. The van der Waals surface area contributed by atoms with Gasteiger partial charge in [0.05, 0.1) is 25.8 Å². The number of nitrogens with zero attached hydrogens (tertiary/aromatic N) is 4. The Morgan fingerprint density at radius 2 is 1.93 bits per heavy atom. The molecule has 0 bridgehead atoms. The molecule has 29 heavy (non-hydrogen) atoms. The van der Waals surface area contributed by atoms with Crippen LogP contribution in [0.1, 0.15) is 12.8 Å². The molecular formula is C20H27N5O3S. The number of aromatic nitrogens is 2. The van der Waals surface area contributed by atoms with Gasteiger partial charge in [-0.2, -0.15) is 0 Å². The molecule has 0 spiro atoms. The van der Waals surface area contributed by atoms with Crippen LogP contribution in [0.2, 0.25) is 0 Å². The third-order valence-corrected chi connectivity index (χ3v) is 5.89. The maximum absolute atomic E-state index is 5.66. The van der Waals surface area contributed by atoms with Crippen molar-refractivity contribution in [3.05, 3.63) is 18.5 Å². The number of hydrogen-bond acceptors (Lipinski definition) is 7. The molecule has 1 unspecified atom stereocenters. The summed E-state index contributed by atoms with van der Waals surface area (Å²) >= 11 is 5.59. The van der Waals surface area contributed by atoms with E-state index in [1.807, 2.05) is 12.1 Å². The molecule has 9 heteroatoms. The van der Waals surface area contributed by atoms with Crippen molar-refractivity contribution in [1.82, 2.24) is 20.2 Å². The van der Waals surface area contributed by atoms with Crippen LogP contribution < -0.4 is 19.7 Å². The molecule has 4 rings (SSSR count). The fourth-order valence-corrected chi connectivity index (χ4v) is 4.13. The third-order valence-electron chi connectivity index (χ3n) is 5.49. The minimum absolute atomic E-state index is 0.286. The van der Waals surface area contributed by atoms with E-state index in [-0.39, 0.29) is 6.10 Å². The van der Waals surface area contributed by atoms with Crippen LogP contribution in [0.4, 0.5) is 5.82 Å². The van der Waals surface area contributed by atoms with E-state index in [0.717, 1.165) is 74.0 Å². The van der Waals surface area contributed by atoms with Crippen molar-refractivity contribution >= 4 is 34.1 Å². The van der Waals surface area contributed by atoms with Crippen LogP contribution in [0.5, 0.6) is 11.5 Å². The number of thiocarbonyl (C=S) groups is 1. The third kappa shape index (κ3) is 4.30. The molecule has 2 aliphatic rings. The summed E-state index contributed by atoms with van der Waals surface area (Å²) in [7, 11) is 3.26. The van der Waals surface area contributed by atoms with E-state index < -0.39 is 0 Å². The highest BCUT2D eigenvalue weighted by Crippen LogP contribution is 2.34. The molecule has 0 saturated carbocycles. The topological polar surface area (TPSA) is 72.0 Å². The van der Waals surface area contributed by atoms with Crippen LogP contribution in [0.15, 0.2) is 18.5 Å². The largest absolute Gasteiger partial charge is 0.493 e. The van der Waals surface area contributed by atoms with Gasteiger partial charge in [-0.15, -0.1) is 0 Å². The van der Waals surface area contributed by atoms with E-state index in [1.165, 1.54) is 0 Å². The lowest BCUT2D eigenvalue weighted by molar-refractivity contribution is 0.113. The molecule has 1 N–H and O–H groups in total. The number of fused-ring (bicyclic) bond motifs is 1. The van der Waals surface area contributed by atoms with Crippen molar-refractivity contribution in [1.29, 1.82) is 0 Å². The van der Waals surface area contributed by atoms with Crippen LogP contribution in [0.25, 0.3) is 10.9 Å². The number of ether oxygens (including phenoxy) is 3. The van der Waals surface area contributed by atoms with Gasteiger partial charge in [-0.05, 0) is 31.1 Å². The summed E-state index contributed by atoms with van der Waals surface area (Å²) < 4.78 is 16.5. The highest BCUT2D eigenvalue weighted by molar-refractivity contribution is 7.80. The lowest BCUT2D eigenvalue weighted by Gasteiger charge is -2.37.